The van der Waals surface area contributed by atoms with Crippen LogP contribution < -0.4 is 11.1 Å². The topological polar surface area (TPSA) is 47.3 Å². The fourth-order valence-electron chi connectivity index (χ4n) is 1.28. The van der Waals surface area contributed by atoms with Crippen LogP contribution in [0.4, 0.5) is 0 Å². The van der Waals surface area contributed by atoms with E-state index >= 15 is 0 Å². The summed E-state index contributed by atoms with van der Waals surface area (Å²) in [5, 5.41) is 3.45. The van der Waals surface area contributed by atoms with Crippen molar-refractivity contribution in [1.82, 2.24) is 5.32 Å². The van der Waals surface area contributed by atoms with Crippen LogP contribution in [0.15, 0.2) is 0 Å². The van der Waals surface area contributed by atoms with Crippen molar-refractivity contribution in [2.75, 3.05) is 26.8 Å². The van der Waals surface area contributed by atoms with Crippen molar-refractivity contribution in [3.8, 4) is 0 Å². The predicted molar refractivity (Wildman–Crippen MR) is 66.0 cm³/mol. The summed E-state index contributed by atoms with van der Waals surface area (Å²) in [5.41, 5.74) is 6.25. The molecule has 1 unspecified atom stereocenters. The van der Waals surface area contributed by atoms with E-state index in [0.29, 0.717) is 0 Å². The van der Waals surface area contributed by atoms with Gasteiger partial charge in [0.15, 0.2) is 0 Å². The molecule has 3 N–H and O–H groups in total. The van der Waals surface area contributed by atoms with Gasteiger partial charge in [-0.15, -0.1) is 0 Å². The first-order chi connectivity index (χ1) is 6.83. The minimum absolute atomic E-state index is 0.0860. The summed E-state index contributed by atoms with van der Waals surface area (Å²) >= 11 is 0. The van der Waals surface area contributed by atoms with Crippen LogP contribution in [-0.4, -0.2) is 32.3 Å². The molecule has 0 rings (SSSR count). The molecule has 1 atom stereocenters. The van der Waals surface area contributed by atoms with Crippen molar-refractivity contribution < 1.29 is 4.74 Å². The molecular weight excluding hydrogens is 188 g/mol. The summed E-state index contributed by atoms with van der Waals surface area (Å²) < 4.78 is 5.09. The van der Waals surface area contributed by atoms with Gasteiger partial charge in [-0.1, -0.05) is 20.8 Å². The number of nitrogens with one attached hydrogen (secondary N) is 1. The Kier molecular flexibility index (Phi) is 6.41. The third-order valence-corrected chi connectivity index (χ3v) is 2.92. The van der Waals surface area contributed by atoms with Gasteiger partial charge in [0.2, 0.25) is 0 Å². The number of nitrogens with two attached hydrogens (primary N) is 1. The molecule has 0 aromatic carbocycles. The van der Waals surface area contributed by atoms with Gasteiger partial charge in [-0.05, 0) is 25.2 Å². The molecule has 0 aliphatic carbocycles. The number of methoxy groups -OCH3 is 1. The number of ether oxygens (including phenoxy) is 1. The van der Waals surface area contributed by atoms with Gasteiger partial charge in [-0.2, -0.15) is 0 Å². The lowest BCUT2D eigenvalue weighted by atomic mass is 9.89. The molecule has 15 heavy (non-hydrogen) atoms. The maximum Gasteiger partial charge on any atom is 0.0467 e. The molecule has 0 radical (unpaired) electrons. The molecule has 3 heteroatoms. The van der Waals surface area contributed by atoms with E-state index in [1.165, 1.54) is 0 Å². The molecule has 0 aromatic heterocycles. The van der Waals surface area contributed by atoms with Crippen molar-refractivity contribution >= 4 is 0 Å². The Bertz CT molecular complexity index is 167. The molecule has 0 heterocycles. The summed E-state index contributed by atoms with van der Waals surface area (Å²) in [6.07, 6.45) is 2.07. The maximum absolute atomic E-state index is 6.06. The second kappa shape index (κ2) is 6.46. The van der Waals surface area contributed by atoms with Crippen LogP contribution in [0.5, 0.6) is 0 Å². The van der Waals surface area contributed by atoms with Gasteiger partial charge in [0.05, 0.1) is 0 Å². The van der Waals surface area contributed by atoms with E-state index < -0.39 is 0 Å². The van der Waals surface area contributed by atoms with E-state index in [1.54, 1.807) is 7.11 Å². The van der Waals surface area contributed by atoms with Crippen molar-refractivity contribution in [3.63, 3.8) is 0 Å². The standard InChI is InChI=1S/C12H28N2O/c1-6-12(4,13)10-14-9-11(2,3)7-8-15-5/h14H,6-10,13H2,1-5H3. The number of hydrogen-bond donors (Lipinski definition) is 2. The van der Waals surface area contributed by atoms with Crippen molar-refractivity contribution in [1.29, 1.82) is 0 Å². The van der Waals surface area contributed by atoms with Crippen LogP contribution in [0.2, 0.25) is 0 Å². The predicted octanol–water partition coefficient (Wildman–Crippen LogP) is 1.77. The highest BCUT2D eigenvalue weighted by Crippen LogP contribution is 2.18. The van der Waals surface area contributed by atoms with Gasteiger partial charge in [0, 0.05) is 32.3 Å². The molecule has 0 saturated carbocycles. The summed E-state index contributed by atoms with van der Waals surface area (Å²) in [5.74, 6) is 0. The average Bonchev–Trinajstić information content (AvgIpc) is 2.14. The zero-order valence-corrected chi connectivity index (χ0v) is 11.0. The van der Waals surface area contributed by atoms with Crippen molar-refractivity contribution in [2.45, 2.75) is 46.1 Å². The zero-order chi connectivity index (χ0) is 11.9. The van der Waals surface area contributed by atoms with Gasteiger partial charge < -0.3 is 15.8 Å². The SMILES string of the molecule is CCC(C)(N)CNCC(C)(C)CCOC. The lowest BCUT2D eigenvalue weighted by Gasteiger charge is -2.29. The van der Waals surface area contributed by atoms with E-state index in [-0.39, 0.29) is 11.0 Å². The molecule has 0 spiro atoms. The van der Waals surface area contributed by atoms with E-state index in [0.717, 1.165) is 32.5 Å². The number of hydrogen-bond acceptors (Lipinski definition) is 3. The van der Waals surface area contributed by atoms with Gasteiger partial charge in [0.1, 0.15) is 0 Å². The monoisotopic (exact) mass is 216 g/mol. The molecule has 0 fully saturated rings. The Morgan fingerprint density at radius 3 is 2.27 bits per heavy atom. The first-order valence-corrected chi connectivity index (χ1v) is 5.81. The highest BCUT2D eigenvalue weighted by molar-refractivity contribution is 4.81. The fourth-order valence-corrected chi connectivity index (χ4v) is 1.28. The smallest absolute Gasteiger partial charge is 0.0467 e. The molecule has 0 bridgehead atoms. The van der Waals surface area contributed by atoms with Crippen LogP contribution >= 0.6 is 0 Å². The molecule has 0 aliphatic heterocycles. The van der Waals surface area contributed by atoms with Gasteiger partial charge in [-0.25, -0.2) is 0 Å². The van der Waals surface area contributed by atoms with E-state index in [9.17, 15) is 0 Å². The quantitative estimate of drug-likeness (QED) is 0.650. The van der Waals surface area contributed by atoms with Crippen LogP contribution in [-0.2, 0) is 4.74 Å². The molecule has 0 saturated heterocycles. The normalized spacial score (nSPS) is 16.4. The fraction of sp³-hybridized carbons (Fsp3) is 1.00. The Labute approximate surface area is 94.8 Å². The van der Waals surface area contributed by atoms with E-state index in [1.807, 2.05) is 0 Å². The number of rotatable bonds is 8. The molecule has 92 valence electrons. The van der Waals surface area contributed by atoms with E-state index in [2.05, 4.69) is 33.0 Å². The first-order valence-electron chi connectivity index (χ1n) is 5.81. The second-order valence-corrected chi connectivity index (χ2v) is 5.52. The summed E-state index contributed by atoms with van der Waals surface area (Å²) in [6.45, 7) is 11.4. The lowest BCUT2D eigenvalue weighted by molar-refractivity contribution is 0.150. The average molecular weight is 216 g/mol. The first kappa shape index (κ1) is 14.9. The van der Waals surface area contributed by atoms with Crippen molar-refractivity contribution in [3.05, 3.63) is 0 Å². The van der Waals surface area contributed by atoms with E-state index in [4.69, 9.17) is 10.5 Å². The Morgan fingerprint density at radius 2 is 1.80 bits per heavy atom. The highest BCUT2D eigenvalue weighted by atomic mass is 16.5. The maximum atomic E-state index is 6.06. The molecule has 3 nitrogen and oxygen atoms in total. The second-order valence-electron chi connectivity index (χ2n) is 5.52. The van der Waals surface area contributed by atoms with Crippen molar-refractivity contribution in [2.24, 2.45) is 11.1 Å². The van der Waals surface area contributed by atoms with Crippen LogP contribution in [0.3, 0.4) is 0 Å². The third kappa shape index (κ3) is 7.77. The molecule has 0 aliphatic rings. The summed E-state index contributed by atoms with van der Waals surface area (Å²) in [6, 6.07) is 0. The molecule has 0 aromatic rings. The lowest BCUT2D eigenvalue weighted by Crippen LogP contribution is -2.47. The van der Waals surface area contributed by atoms with Crippen LogP contribution in [0.25, 0.3) is 0 Å². The third-order valence-electron chi connectivity index (χ3n) is 2.92. The highest BCUT2D eigenvalue weighted by Gasteiger charge is 2.20. The van der Waals surface area contributed by atoms with Gasteiger partial charge in [-0.3, -0.25) is 0 Å². The Balaban J connectivity index is 3.74. The van der Waals surface area contributed by atoms with Gasteiger partial charge >= 0.3 is 0 Å². The van der Waals surface area contributed by atoms with Crippen LogP contribution in [0.1, 0.15) is 40.5 Å². The zero-order valence-electron chi connectivity index (χ0n) is 11.0. The van der Waals surface area contributed by atoms with Crippen LogP contribution in [0, 0.1) is 5.41 Å². The summed E-state index contributed by atoms with van der Waals surface area (Å²) in [4.78, 5) is 0. The molecular formula is C12H28N2O. The minimum atomic E-state index is -0.0860. The Morgan fingerprint density at radius 1 is 1.20 bits per heavy atom. The minimum Gasteiger partial charge on any atom is -0.385 e. The summed E-state index contributed by atoms with van der Waals surface area (Å²) in [7, 11) is 1.75. The Hall–Kier alpha value is -0.120. The largest absolute Gasteiger partial charge is 0.385 e. The van der Waals surface area contributed by atoms with Gasteiger partial charge in [0.25, 0.3) is 0 Å². The molecule has 0 amide bonds.